The van der Waals surface area contributed by atoms with E-state index in [2.05, 4.69) is 16.9 Å². The highest BCUT2D eigenvalue weighted by Gasteiger charge is 2.05. The molecule has 2 aromatic rings. The third-order valence-electron chi connectivity index (χ3n) is 2.53. The summed E-state index contributed by atoms with van der Waals surface area (Å²) >= 11 is 0. The van der Waals surface area contributed by atoms with Crippen molar-refractivity contribution in [3.63, 3.8) is 0 Å². The standard InChI is InChI=1S/C13H12N2O2/c1-2-9-3-5-10(6-4-9)11-7-15-12(8-14-11)13(16)17/h3-8H,2H2,1H3,(H,16,17). The van der Waals surface area contributed by atoms with E-state index in [4.69, 9.17) is 5.11 Å². The molecule has 0 aliphatic rings. The van der Waals surface area contributed by atoms with E-state index in [0.717, 1.165) is 12.0 Å². The van der Waals surface area contributed by atoms with Gasteiger partial charge in [0.25, 0.3) is 0 Å². The molecular weight excluding hydrogens is 216 g/mol. The minimum Gasteiger partial charge on any atom is -0.476 e. The largest absolute Gasteiger partial charge is 0.476 e. The van der Waals surface area contributed by atoms with Crippen LogP contribution in [0.4, 0.5) is 0 Å². The molecule has 0 saturated carbocycles. The van der Waals surface area contributed by atoms with Crippen LogP contribution < -0.4 is 0 Å². The molecule has 4 heteroatoms. The molecule has 0 fully saturated rings. The highest BCUT2D eigenvalue weighted by atomic mass is 16.4. The fraction of sp³-hybridized carbons (Fsp3) is 0.154. The number of hydrogen-bond donors (Lipinski definition) is 1. The summed E-state index contributed by atoms with van der Waals surface area (Å²) in [4.78, 5) is 18.5. The second kappa shape index (κ2) is 4.74. The molecule has 4 nitrogen and oxygen atoms in total. The van der Waals surface area contributed by atoms with Gasteiger partial charge >= 0.3 is 5.97 Å². The van der Waals surface area contributed by atoms with Crippen molar-refractivity contribution >= 4 is 5.97 Å². The minimum atomic E-state index is -1.06. The Balaban J connectivity index is 2.29. The molecule has 0 spiro atoms. The molecule has 1 aromatic heterocycles. The van der Waals surface area contributed by atoms with Gasteiger partial charge in [0, 0.05) is 5.56 Å². The summed E-state index contributed by atoms with van der Waals surface area (Å²) in [6.45, 7) is 2.09. The summed E-state index contributed by atoms with van der Waals surface area (Å²) in [5.74, 6) is -1.06. The number of rotatable bonds is 3. The Morgan fingerprint density at radius 3 is 2.35 bits per heavy atom. The van der Waals surface area contributed by atoms with Gasteiger partial charge in [0.1, 0.15) is 0 Å². The van der Waals surface area contributed by atoms with E-state index >= 15 is 0 Å². The maximum atomic E-state index is 10.6. The molecule has 17 heavy (non-hydrogen) atoms. The number of carboxylic acid groups (broad SMARTS) is 1. The van der Waals surface area contributed by atoms with Crippen LogP contribution in [-0.4, -0.2) is 21.0 Å². The fourth-order valence-corrected chi connectivity index (χ4v) is 1.50. The fourth-order valence-electron chi connectivity index (χ4n) is 1.50. The van der Waals surface area contributed by atoms with Gasteiger partial charge in [-0.3, -0.25) is 4.98 Å². The first kappa shape index (κ1) is 11.3. The van der Waals surface area contributed by atoms with Gasteiger partial charge in [0.05, 0.1) is 18.1 Å². The van der Waals surface area contributed by atoms with Crippen molar-refractivity contribution in [2.45, 2.75) is 13.3 Å². The molecule has 0 atom stereocenters. The number of hydrogen-bond acceptors (Lipinski definition) is 3. The molecule has 0 aliphatic carbocycles. The molecular formula is C13H12N2O2. The second-order valence-corrected chi connectivity index (χ2v) is 3.64. The molecule has 0 bridgehead atoms. The summed E-state index contributed by atoms with van der Waals surface area (Å²) in [6, 6.07) is 7.98. The van der Waals surface area contributed by atoms with Gasteiger partial charge in [-0.1, -0.05) is 31.2 Å². The lowest BCUT2D eigenvalue weighted by Crippen LogP contribution is -2.01. The molecule has 1 N–H and O–H groups in total. The van der Waals surface area contributed by atoms with Crippen LogP contribution in [0, 0.1) is 0 Å². The first-order valence-corrected chi connectivity index (χ1v) is 5.35. The number of carbonyl (C=O) groups is 1. The van der Waals surface area contributed by atoms with Gasteiger partial charge in [-0.15, -0.1) is 0 Å². The SMILES string of the molecule is CCc1ccc(-c2cnc(C(=O)O)cn2)cc1. The third kappa shape index (κ3) is 2.47. The van der Waals surface area contributed by atoms with Crippen LogP contribution in [0.2, 0.25) is 0 Å². The Kier molecular flexibility index (Phi) is 3.14. The molecule has 0 saturated heterocycles. The smallest absolute Gasteiger partial charge is 0.356 e. The number of aryl methyl sites for hydroxylation is 1. The van der Waals surface area contributed by atoms with E-state index in [0.29, 0.717) is 5.69 Å². The lowest BCUT2D eigenvalue weighted by atomic mass is 10.1. The maximum absolute atomic E-state index is 10.6. The molecule has 86 valence electrons. The van der Waals surface area contributed by atoms with Gasteiger partial charge in [0.15, 0.2) is 5.69 Å². The van der Waals surface area contributed by atoms with Crippen LogP contribution in [0.3, 0.4) is 0 Å². The summed E-state index contributed by atoms with van der Waals surface area (Å²) in [7, 11) is 0. The van der Waals surface area contributed by atoms with Gasteiger partial charge in [-0.05, 0) is 12.0 Å². The molecule has 1 aromatic carbocycles. The number of nitrogens with zero attached hydrogens (tertiary/aromatic N) is 2. The van der Waals surface area contributed by atoms with Gasteiger partial charge in [-0.2, -0.15) is 0 Å². The Morgan fingerprint density at radius 2 is 1.88 bits per heavy atom. The highest BCUT2D eigenvalue weighted by Crippen LogP contribution is 2.16. The molecule has 0 unspecified atom stereocenters. The lowest BCUT2D eigenvalue weighted by Gasteiger charge is -2.02. The Hall–Kier alpha value is -2.23. The van der Waals surface area contributed by atoms with E-state index in [1.54, 1.807) is 0 Å². The third-order valence-corrected chi connectivity index (χ3v) is 2.53. The van der Waals surface area contributed by atoms with Crippen LogP contribution in [0.1, 0.15) is 23.0 Å². The van der Waals surface area contributed by atoms with Gasteiger partial charge in [-0.25, -0.2) is 9.78 Å². The van der Waals surface area contributed by atoms with Crippen LogP contribution >= 0.6 is 0 Å². The predicted octanol–water partition coefficient (Wildman–Crippen LogP) is 2.40. The van der Waals surface area contributed by atoms with Crippen LogP contribution in [-0.2, 0) is 6.42 Å². The van der Waals surface area contributed by atoms with Crippen molar-refractivity contribution in [2.24, 2.45) is 0 Å². The Bertz CT molecular complexity index is 518. The average molecular weight is 228 g/mol. The first-order chi connectivity index (χ1) is 8.20. The lowest BCUT2D eigenvalue weighted by molar-refractivity contribution is 0.0690. The van der Waals surface area contributed by atoms with Crippen molar-refractivity contribution in [1.82, 2.24) is 9.97 Å². The summed E-state index contributed by atoms with van der Waals surface area (Å²) in [5, 5.41) is 8.71. The minimum absolute atomic E-state index is 0.0427. The topological polar surface area (TPSA) is 63.1 Å². The van der Waals surface area contributed by atoms with E-state index in [1.165, 1.54) is 18.0 Å². The zero-order valence-electron chi connectivity index (χ0n) is 9.42. The van der Waals surface area contributed by atoms with Crippen molar-refractivity contribution in [3.8, 4) is 11.3 Å². The maximum Gasteiger partial charge on any atom is 0.356 e. The van der Waals surface area contributed by atoms with Crippen LogP contribution in [0.5, 0.6) is 0 Å². The van der Waals surface area contributed by atoms with E-state index in [9.17, 15) is 4.79 Å². The van der Waals surface area contributed by atoms with Crippen molar-refractivity contribution in [3.05, 3.63) is 47.9 Å². The molecule has 0 radical (unpaired) electrons. The zero-order chi connectivity index (χ0) is 12.3. The molecule has 0 amide bonds. The number of aromatic carboxylic acids is 1. The van der Waals surface area contributed by atoms with Crippen LogP contribution in [0.15, 0.2) is 36.7 Å². The Morgan fingerprint density at radius 1 is 1.18 bits per heavy atom. The summed E-state index contributed by atoms with van der Waals surface area (Å²) in [6.07, 6.45) is 3.74. The number of benzene rings is 1. The highest BCUT2D eigenvalue weighted by molar-refractivity contribution is 5.85. The molecule has 0 aliphatic heterocycles. The second-order valence-electron chi connectivity index (χ2n) is 3.64. The number of aromatic nitrogens is 2. The first-order valence-electron chi connectivity index (χ1n) is 5.35. The normalized spacial score (nSPS) is 10.2. The summed E-state index contributed by atoms with van der Waals surface area (Å²) < 4.78 is 0. The molecule has 1 heterocycles. The van der Waals surface area contributed by atoms with Crippen molar-refractivity contribution in [1.29, 1.82) is 0 Å². The van der Waals surface area contributed by atoms with Crippen LogP contribution in [0.25, 0.3) is 11.3 Å². The van der Waals surface area contributed by atoms with Gasteiger partial charge < -0.3 is 5.11 Å². The number of carboxylic acids is 1. The summed E-state index contributed by atoms with van der Waals surface area (Å²) in [5.41, 5.74) is 2.83. The quantitative estimate of drug-likeness (QED) is 0.876. The van der Waals surface area contributed by atoms with Crippen molar-refractivity contribution < 1.29 is 9.90 Å². The average Bonchev–Trinajstić information content (AvgIpc) is 2.39. The monoisotopic (exact) mass is 228 g/mol. The predicted molar refractivity (Wildman–Crippen MR) is 63.8 cm³/mol. The Labute approximate surface area is 99.0 Å². The van der Waals surface area contributed by atoms with E-state index < -0.39 is 5.97 Å². The van der Waals surface area contributed by atoms with E-state index in [-0.39, 0.29) is 5.69 Å². The van der Waals surface area contributed by atoms with E-state index in [1.807, 2.05) is 24.3 Å². The van der Waals surface area contributed by atoms with Crippen molar-refractivity contribution in [2.75, 3.05) is 0 Å². The zero-order valence-corrected chi connectivity index (χ0v) is 9.42. The van der Waals surface area contributed by atoms with Gasteiger partial charge in [0.2, 0.25) is 0 Å². The molecule has 2 rings (SSSR count).